The van der Waals surface area contributed by atoms with Crippen molar-refractivity contribution in [1.82, 2.24) is 0 Å². The third kappa shape index (κ3) is 2.48. The van der Waals surface area contributed by atoms with Gasteiger partial charge in [-0.25, -0.2) is 0 Å². The van der Waals surface area contributed by atoms with Gasteiger partial charge in [0.25, 0.3) is 0 Å². The second kappa shape index (κ2) is 6.17. The normalized spacial score (nSPS) is 42.4. The minimum Gasteiger partial charge on any atom is -0.393 e. The van der Waals surface area contributed by atoms with Crippen LogP contribution in [0.15, 0.2) is 40.9 Å². The number of hydrogen-bond donors (Lipinski definition) is 1. The number of rotatable bonds is 1. The van der Waals surface area contributed by atoms with Crippen LogP contribution in [0.2, 0.25) is 0 Å². The zero-order valence-electron chi connectivity index (χ0n) is 17.8. The molecule has 0 radical (unpaired) electrons. The fourth-order valence-corrected chi connectivity index (χ4v) is 7.94. The van der Waals surface area contributed by atoms with E-state index in [-0.39, 0.29) is 6.10 Å². The maximum atomic E-state index is 10.2. The van der Waals surface area contributed by atoms with Crippen LogP contribution >= 0.6 is 0 Å². The quantitative estimate of drug-likeness (QED) is 0.595. The van der Waals surface area contributed by atoms with Crippen molar-refractivity contribution in [2.75, 3.05) is 0 Å². The number of fused-ring (bicyclic) bond motifs is 6. The Labute approximate surface area is 174 Å². The summed E-state index contributed by atoms with van der Waals surface area (Å²) < 4.78 is 0. The minimum absolute atomic E-state index is 0.108. The number of aliphatic hydroxyl groups is 1. The first-order chi connectivity index (χ1) is 14.0. The van der Waals surface area contributed by atoms with E-state index in [1.165, 1.54) is 48.8 Å². The molecule has 1 aromatic carbocycles. The molecule has 2 nitrogen and oxygen atoms in total. The van der Waals surface area contributed by atoms with Gasteiger partial charge in [0.2, 0.25) is 0 Å². The number of aliphatic imine (C=N–C) groups is 1. The molecule has 5 aliphatic rings. The summed E-state index contributed by atoms with van der Waals surface area (Å²) >= 11 is 0. The van der Waals surface area contributed by atoms with Gasteiger partial charge in [0.15, 0.2) is 0 Å². The van der Waals surface area contributed by atoms with Crippen molar-refractivity contribution in [2.45, 2.75) is 71.4 Å². The largest absolute Gasteiger partial charge is 0.393 e. The molecule has 4 aliphatic carbocycles. The third-order valence-corrected chi connectivity index (χ3v) is 9.60. The minimum atomic E-state index is -0.108. The van der Waals surface area contributed by atoms with Crippen LogP contribution in [0.5, 0.6) is 0 Å². The highest BCUT2D eigenvalue weighted by Gasteiger charge is 2.56. The van der Waals surface area contributed by atoms with Crippen molar-refractivity contribution in [3.63, 3.8) is 0 Å². The second-order valence-corrected chi connectivity index (χ2v) is 10.8. The van der Waals surface area contributed by atoms with Gasteiger partial charge in [0, 0.05) is 6.21 Å². The fourth-order valence-electron chi connectivity index (χ4n) is 7.94. The van der Waals surface area contributed by atoms with Gasteiger partial charge in [0.05, 0.1) is 12.6 Å². The molecule has 29 heavy (non-hydrogen) atoms. The first kappa shape index (κ1) is 18.1. The molecule has 1 heterocycles. The lowest BCUT2D eigenvalue weighted by Crippen LogP contribution is -2.49. The highest BCUT2D eigenvalue weighted by molar-refractivity contribution is 5.86. The highest BCUT2D eigenvalue weighted by atomic mass is 16.3. The second-order valence-electron chi connectivity index (χ2n) is 10.8. The monoisotopic (exact) mass is 387 g/mol. The summed E-state index contributed by atoms with van der Waals surface area (Å²) in [7, 11) is 0. The molecule has 0 saturated heterocycles. The Kier molecular flexibility index (Phi) is 3.86. The fraction of sp³-hybridized carbons (Fsp3) is 0.593. The molecule has 1 N–H and O–H groups in total. The SMILES string of the molecule is C[C@]12CC[C@@H](O)CC1=CC[C@@H]1[C@@H]2CC[C@]2(C)C(c3ccc4c(c3)CN=C4)=CC[C@@H]12. The van der Waals surface area contributed by atoms with Crippen molar-refractivity contribution in [3.05, 3.63) is 52.6 Å². The van der Waals surface area contributed by atoms with E-state index in [1.807, 2.05) is 6.21 Å². The van der Waals surface area contributed by atoms with Crippen LogP contribution in [0.1, 0.15) is 75.5 Å². The Hall–Kier alpha value is -1.67. The summed E-state index contributed by atoms with van der Waals surface area (Å²) in [6.07, 6.45) is 15.2. The standard InChI is InChI=1S/C27H33NO/c1-26-11-9-21(29)14-20(26)5-6-22-24-8-7-23(27(24,2)12-10-25(22)26)17-3-4-18-15-28-16-19(18)13-17/h3-5,7,13,15,21-22,24-25,29H,6,8-12,14,16H2,1-2H3/t21-,22+,24+,25+,26+,27-/m1/s1. The van der Waals surface area contributed by atoms with Crippen LogP contribution in [0, 0.1) is 28.6 Å². The Morgan fingerprint density at radius 1 is 1.00 bits per heavy atom. The average molecular weight is 388 g/mol. The predicted molar refractivity (Wildman–Crippen MR) is 119 cm³/mol. The zero-order chi connectivity index (χ0) is 19.8. The Balaban J connectivity index is 1.32. The highest BCUT2D eigenvalue weighted by Crippen LogP contribution is 2.66. The summed E-state index contributed by atoms with van der Waals surface area (Å²) in [6, 6.07) is 7.02. The molecule has 1 aromatic rings. The van der Waals surface area contributed by atoms with Crippen molar-refractivity contribution >= 4 is 11.8 Å². The number of benzene rings is 1. The lowest BCUT2D eigenvalue weighted by molar-refractivity contribution is -0.0238. The molecule has 2 heteroatoms. The van der Waals surface area contributed by atoms with Gasteiger partial charge in [-0.15, -0.1) is 0 Å². The topological polar surface area (TPSA) is 32.6 Å². The van der Waals surface area contributed by atoms with E-state index in [0.29, 0.717) is 10.8 Å². The molecule has 152 valence electrons. The molecule has 0 spiro atoms. The van der Waals surface area contributed by atoms with E-state index in [4.69, 9.17) is 0 Å². The molecule has 0 unspecified atom stereocenters. The van der Waals surface area contributed by atoms with E-state index < -0.39 is 0 Å². The van der Waals surface area contributed by atoms with E-state index >= 15 is 0 Å². The molecule has 6 rings (SSSR count). The van der Waals surface area contributed by atoms with Crippen molar-refractivity contribution < 1.29 is 5.11 Å². The molecule has 2 fully saturated rings. The Morgan fingerprint density at radius 3 is 2.76 bits per heavy atom. The van der Waals surface area contributed by atoms with E-state index in [9.17, 15) is 5.11 Å². The van der Waals surface area contributed by atoms with Crippen LogP contribution in [-0.4, -0.2) is 17.4 Å². The molecular formula is C27H33NO. The number of nitrogens with zero attached hydrogens (tertiary/aromatic N) is 1. The maximum absolute atomic E-state index is 10.2. The van der Waals surface area contributed by atoms with Crippen molar-refractivity contribution in [1.29, 1.82) is 0 Å². The molecular weight excluding hydrogens is 354 g/mol. The molecule has 0 amide bonds. The molecule has 1 aliphatic heterocycles. The molecule has 2 saturated carbocycles. The molecule has 6 atom stereocenters. The summed E-state index contributed by atoms with van der Waals surface area (Å²) in [4.78, 5) is 4.45. The predicted octanol–water partition coefficient (Wildman–Crippen LogP) is 5.94. The van der Waals surface area contributed by atoms with Crippen LogP contribution in [0.4, 0.5) is 0 Å². The van der Waals surface area contributed by atoms with Gasteiger partial charge in [0.1, 0.15) is 0 Å². The lowest BCUT2D eigenvalue weighted by atomic mass is 9.47. The number of hydrogen-bond acceptors (Lipinski definition) is 2. The first-order valence-corrected chi connectivity index (χ1v) is 11.7. The smallest absolute Gasteiger partial charge is 0.0646 e. The summed E-state index contributed by atoms with van der Waals surface area (Å²) in [6.45, 7) is 5.93. The first-order valence-electron chi connectivity index (χ1n) is 11.7. The van der Waals surface area contributed by atoms with Gasteiger partial charge < -0.3 is 5.11 Å². The lowest BCUT2D eigenvalue weighted by Gasteiger charge is -2.57. The third-order valence-electron chi connectivity index (χ3n) is 9.60. The van der Waals surface area contributed by atoms with E-state index in [0.717, 1.165) is 37.1 Å². The molecule has 0 bridgehead atoms. The number of allylic oxidation sites excluding steroid dienone is 3. The Bertz CT molecular complexity index is 955. The zero-order valence-corrected chi connectivity index (χ0v) is 17.8. The van der Waals surface area contributed by atoms with Crippen LogP contribution in [0.3, 0.4) is 0 Å². The van der Waals surface area contributed by atoms with E-state index in [2.05, 4.69) is 49.2 Å². The molecule has 0 aromatic heterocycles. The average Bonchev–Trinajstić information content (AvgIpc) is 3.31. The summed E-state index contributed by atoms with van der Waals surface area (Å²) in [5.74, 6) is 2.36. The summed E-state index contributed by atoms with van der Waals surface area (Å²) in [5.41, 5.74) is 7.96. The van der Waals surface area contributed by atoms with Crippen LogP contribution in [-0.2, 0) is 6.54 Å². The van der Waals surface area contributed by atoms with Gasteiger partial charge in [-0.3, -0.25) is 4.99 Å². The van der Waals surface area contributed by atoms with Crippen LogP contribution < -0.4 is 0 Å². The maximum Gasteiger partial charge on any atom is 0.0646 e. The number of aliphatic hydroxyl groups excluding tert-OH is 1. The summed E-state index contributed by atoms with van der Waals surface area (Å²) in [5, 5.41) is 10.2. The van der Waals surface area contributed by atoms with Gasteiger partial charge in [-0.2, -0.15) is 0 Å². The van der Waals surface area contributed by atoms with Gasteiger partial charge >= 0.3 is 0 Å². The van der Waals surface area contributed by atoms with Crippen molar-refractivity contribution in [3.8, 4) is 0 Å². The van der Waals surface area contributed by atoms with Gasteiger partial charge in [-0.05, 0) is 102 Å². The van der Waals surface area contributed by atoms with E-state index in [1.54, 1.807) is 11.1 Å². The Morgan fingerprint density at radius 2 is 1.86 bits per heavy atom. The van der Waals surface area contributed by atoms with Crippen LogP contribution in [0.25, 0.3) is 5.57 Å². The van der Waals surface area contributed by atoms with Crippen molar-refractivity contribution in [2.24, 2.45) is 33.6 Å². The van der Waals surface area contributed by atoms with Gasteiger partial charge in [-0.1, -0.05) is 43.7 Å².